The summed E-state index contributed by atoms with van der Waals surface area (Å²) in [5.41, 5.74) is 1.75. The highest BCUT2D eigenvalue weighted by Crippen LogP contribution is 2.15. The molecule has 0 saturated carbocycles. The Balaban J connectivity index is 2.12. The molecule has 2 heterocycles. The molecule has 0 aromatic carbocycles. The average Bonchev–Trinajstić information content (AvgIpc) is 2.67. The molecule has 1 atom stereocenters. The fourth-order valence-corrected chi connectivity index (χ4v) is 1.36. The van der Waals surface area contributed by atoms with E-state index in [2.05, 4.69) is 10.1 Å². The number of aromatic nitrogens is 1. The zero-order chi connectivity index (χ0) is 9.10. The summed E-state index contributed by atoms with van der Waals surface area (Å²) < 4.78 is 0. The molecule has 0 fully saturated rings. The van der Waals surface area contributed by atoms with Crippen LogP contribution in [0.25, 0.3) is 0 Å². The van der Waals surface area contributed by atoms with Crippen LogP contribution in [0.3, 0.4) is 0 Å². The number of hydrogen-bond donors (Lipinski definition) is 0. The molecule has 1 aromatic heterocycles. The van der Waals surface area contributed by atoms with Crippen molar-refractivity contribution in [2.45, 2.75) is 12.5 Å². The summed E-state index contributed by atoms with van der Waals surface area (Å²) in [6, 6.07) is 5.72. The van der Waals surface area contributed by atoms with Crippen LogP contribution in [0.15, 0.2) is 29.6 Å². The molecule has 0 spiro atoms. The van der Waals surface area contributed by atoms with Crippen molar-refractivity contribution in [3.63, 3.8) is 0 Å². The molecule has 13 heavy (non-hydrogen) atoms. The molecule has 0 amide bonds. The molecule has 1 aliphatic rings. The third-order valence-corrected chi connectivity index (χ3v) is 2.21. The predicted octanol–water partition coefficient (Wildman–Crippen LogP) is 1.81. The summed E-state index contributed by atoms with van der Waals surface area (Å²) in [6.07, 6.45) is 2.51. The van der Waals surface area contributed by atoms with Crippen LogP contribution in [0, 0.1) is 0 Å². The van der Waals surface area contributed by atoms with Gasteiger partial charge in [0.1, 0.15) is 11.8 Å². The van der Waals surface area contributed by atoms with Gasteiger partial charge in [0.25, 0.3) is 0 Å². The minimum atomic E-state index is 0.0127. The maximum atomic E-state index is 5.64. The smallest absolute Gasteiger partial charge is 0.146 e. The van der Waals surface area contributed by atoms with E-state index in [0.29, 0.717) is 5.88 Å². The van der Waals surface area contributed by atoms with Crippen LogP contribution in [-0.2, 0) is 4.84 Å². The zero-order valence-electron chi connectivity index (χ0n) is 6.98. The highest BCUT2D eigenvalue weighted by Gasteiger charge is 2.21. The number of halogens is 1. The Labute approximate surface area is 81.4 Å². The second-order valence-electron chi connectivity index (χ2n) is 2.84. The molecule has 2 rings (SSSR count). The number of oxime groups is 1. The minimum Gasteiger partial charge on any atom is -0.391 e. The van der Waals surface area contributed by atoms with Crippen LogP contribution in [0.5, 0.6) is 0 Å². The van der Waals surface area contributed by atoms with E-state index in [1.54, 1.807) is 6.20 Å². The maximum absolute atomic E-state index is 5.64. The van der Waals surface area contributed by atoms with Crippen molar-refractivity contribution in [1.29, 1.82) is 0 Å². The van der Waals surface area contributed by atoms with Crippen LogP contribution in [-0.4, -0.2) is 22.7 Å². The Morgan fingerprint density at radius 3 is 3.08 bits per heavy atom. The Hall–Kier alpha value is -1.09. The van der Waals surface area contributed by atoms with E-state index in [1.165, 1.54) is 0 Å². The van der Waals surface area contributed by atoms with E-state index < -0.39 is 0 Å². The second kappa shape index (κ2) is 3.75. The summed E-state index contributed by atoms with van der Waals surface area (Å²) >= 11 is 5.64. The molecule has 4 heteroatoms. The molecule has 1 aliphatic heterocycles. The lowest BCUT2D eigenvalue weighted by Gasteiger charge is -2.00. The quantitative estimate of drug-likeness (QED) is 0.677. The van der Waals surface area contributed by atoms with E-state index in [-0.39, 0.29) is 6.10 Å². The summed E-state index contributed by atoms with van der Waals surface area (Å²) in [7, 11) is 0. The third-order valence-electron chi connectivity index (χ3n) is 1.87. The van der Waals surface area contributed by atoms with Crippen LogP contribution < -0.4 is 0 Å². The van der Waals surface area contributed by atoms with Crippen LogP contribution in [0.2, 0.25) is 0 Å². The molecular weight excluding hydrogens is 188 g/mol. The zero-order valence-corrected chi connectivity index (χ0v) is 7.74. The lowest BCUT2D eigenvalue weighted by atomic mass is 10.1. The van der Waals surface area contributed by atoms with E-state index >= 15 is 0 Å². The summed E-state index contributed by atoms with van der Waals surface area (Å²) in [6.45, 7) is 0. The Kier molecular flexibility index (Phi) is 2.45. The van der Waals surface area contributed by atoms with E-state index in [4.69, 9.17) is 16.4 Å². The minimum absolute atomic E-state index is 0.0127. The van der Waals surface area contributed by atoms with Crippen molar-refractivity contribution >= 4 is 17.3 Å². The monoisotopic (exact) mass is 196 g/mol. The lowest BCUT2D eigenvalue weighted by Crippen LogP contribution is -2.10. The molecule has 68 valence electrons. The molecule has 0 saturated heterocycles. The molecule has 0 N–H and O–H groups in total. The van der Waals surface area contributed by atoms with Crippen molar-refractivity contribution in [2.75, 3.05) is 5.88 Å². The van der Waals surface area contributed by atoms with Crippen molar-refractivity contribution < 1.29 is 4.84 Å². The second-order valence-corrected chi connectivity index (χ2v) is 3.15. The predicted molar refractivity (Wildman–Crippen MR) is 51.0 cm³/mol. The highest BCUT2D eigenvalue weighted by atomic mass is 35.5. The topological polar surface area (TPSA) is 34.5 Å². The molecular formula is C9H9ClN2O. The van der Waals surface area contributed by atoms with Gasteiger partial charge in [0, 0.05) is 12.6 Å². The number of nitrogens with zero attached hydrogens (tertiary/aromatic N) is 2. The summed E-state index contributed by atoms with van der Waals surface area (Å²) in [4.78, 5) is 9.26. The van der Waals surface area contributed by atoms with Crippen LogP contribution >= 0.6 is 11.6 Å². The molecule has 0 unspecified atom stereocenters. The van der Waals surface area contributed by atoms with Gasteiger partial charge in [-0.25, -0.2) is 0 Å². The SMILES string of the molecule is ClC[C@@H]1CC(c2ccccn2)=NO1. The van der Waals surface area contributed by atoms with Crippen molar-refractivity contribution in [1.82, 2.24) is 4.98 Å². The van der Waals surface area contributed by atoms with Crippen molar-refractivity contribution in [3.05, 3.63) is 30.1 Å². The maximum Gasteiger partial charge on any atom is 0.146 e. The fraction of sp³-hybridized carbons (Fsp3) is 0.333. The van der Waals surface area contributed by atoms with Gasteiger partial charge in [-0.2, -0.15) is 0 Å². The summed E-state index contributed by atoms with van der Waals surface area (Å²) in [5.74, 6) is 0.472. The van der Waals surface area contributed by atoms with Gasteiger partial charge in [0.05, 0.1) is 11.6 Å². The van der Waals surface area contributed by atoms with Gasteiger partial charge >= 0.3 is 0 Å². The summed E-state index contributed by atoms with van der Waals surface area (Å²) in [5, 5.41) is 3.93. The first-order valence-electron chi connectivity index (χ1n) is 4.10. The molecule has 1 aromatic rings. The number of rotatable bonds is 2. The van der Waals surface area contributed by atoms with Gasteiger partial charge in [-0.3, -0.25) is 4.98 Å². The van der Waals surface area contributed by atoms with Gasteiger partial charge in [0.2, 0.25) is 0 Å². The first-order chi connectivity index (χ1) is 6.40. The Morgan fingerprint density at radius 2 is 2.46 bits per heavy atom. The third kappa shape index (κ3) is 1.80. The Bertz CT molecular complexity index is 313. The average molecular weight is 197 g/mol. The molecule has 0 aliphatic carbocycles. The number of hydrogen-bond acceptors (Lipinski definition) is 3. The van der Waals surface area contributed by atoms with Gasteiger partial charge in [-0.15, -0.1) is 11.6 Å². The highest BCUT2D eigenvalue weighted by molar-refractivity contribution is 6.18. The molecule has 0 bridgehead atoms. The number of alkyl halides is 1. The largest absolute Gasteiger partial charge is 0.391 e. The van der Waals surface area contributed by atoms with E-state index in [0.717, 1.165) is 17.8 Å². The van der Waals surface area contributed by atoms with Gasteiger partial charge in [0.15, 0.2) is 0 Å². The van der Waals surface area contributed by atoms with Crippen LogP contribution in [0.4, 0.5) is 0 Å². The van der Waals surface area contributed by atoms with Crippen LogP contribution in [0.1, 0.15) is 12.1 Å². The standard InChI is InChI=1S/C9H9ClN2O/c10-6-7-5-9(12-13-7)8-3-1-2-4-11-8/h1-4,7H,5-6H2/t7-/m0/s1. The molecule has 0 radical (unpaired) electrons. The van der Waals surface area contributed by atoms with Gasteiger partial charge in [-0.1, -0.05) is 11.2 Å². The fourth-order valence-electron chi connectivity index (χ4n) is 1.20. The van der Waals surface area contributed by atoms with E-state index in [1.807, 2.05) is 18.2 Å². The van der Waals surface area contributed by atoms with Gasteiger partial charge in [-0.05, 0) is 12.1 Å². The van der Waals surface area contributed by atoms with Gasteiger partial charge < -0.3 is 4.84 Å². The van der Waals surface area contributed by atoms with Crippen molar-refractivity contribution in [2.24, 2.45) is 5.16 Å². The molecule has 3 nitrogen and oxygen atoms in total. The van der Waals surface area contributed by atoms with Crippen molar-refractivity contribution in [3.8, 4) is 0 Å². The first-order valence-corrected chi connectivity index (χ1v) is 4.63. The number of pyridine rings is 1. The lowest BCUT2D eigenvalue weighted by molar-refractivity contribution is 0.102. The normalized spacial score (nSPS) is 21.0. The first kappa shape index (κ1) is 8.51. The Morgan fingerprint density at radius 1 is 1.54 bits per heavy atom. The van der Waals surface area contributed by atoms with E-state index in [9.17, 15) is 0 Å².